The number of aliphatic hydroxyl groups excluding tert-OH is 1. The summed E-state index contributed by atoms with van der Waals surface area (Å²) >= 11 is 0. The number of carbonyl (C=O) groups is 3. The zero-order valence-electron chi connectivity index (χ0n) is 23.1. The molecule has 0 radical (unpaired) electrons. The number of esters is 1. The molecule has 0 aromatic heterocycles. The number of carbonyl (C=O) groups excluding carboxylic acids is 3. The normalized spacial score (nSPS) is 10.7. The monoisotopic (exact) mass is 510 g/mol. The van der Waals surface area contributed by atoms with Gasteiger partial charge in [0.1, 0.15) is 0 Å². The lowest BCUT2D eigenvalue weighted by Crippen LogP contribution is -2.29. The van der Waals surface area contributed by atoms with Gasteiger partial charge in [0.2, 0.25) is 11.8 Å². The van der Waals surface area contributed by atoms with Crippen LogP contribution in [0.3, 0.4) is 0 Å². The van der Waals surface area contributed by atoms with Crippen LogP contribution in [0.15, 0.2) is 12.2 Å². The maximum Gasteiger partial charge on any atom is 0.302 e. The van der Waals surface area contributed by atoms with Crippen LogP contribution in [0.5, 0.6) is 0 Å². The second kappa shape index (κ2) is 26.2. The topological polar surface area (TPSA) is 105 Å². The van der Waals surface area contributed by atoms with Crippen LogP contribution in [0, 0.1) is 0 Å². The number of rotatable bonds is 26. The van der Waals surface area contributed by atoms with Gasteiger partial charge in [0, 0.05) is 38.6 Å². The van der Waals surface area contributed by atoms with E-state index in [1.807, 2.05) is 0 Å². The summed E-state index contributed by atoms with van der Waals surface area (Å²) < 4.78 is 4.93. The van der Waals surface area contributed by atoms with Crippen molar-refractivity contribution in [2.45, 2.75) is 129 Å². The second-order valence-corrected chi connectivity index (χ2v) is 9.78. The zero-order chi connectivity index (χ0) is 26.7. The third-order valence-electron chi connectivity index (χ3n) is 6.29. The molecule has 0 aliphatic rings. The highest BCUT2D eigenvalue weighted by atomic mass is 16.5. The Labute approximate surface area is 220 Å². The highest BCUT2D eigenvalue weighted by molar-refractivity contribution is 5.92. The molecule has 7 heteroatoms. The fourth-order valence-corrected chi connectivity index (χ4v) is 4.02. The third-order valence-corrected chi connectivity index (χ3v) is 6.29. The molecule has 36 heavy (non-hydrogen) atoms. The standard InChI is InChI=1S/C29H54N2O5/c1-26(29(35)31-22-17-13-14-18-24-32)21-23-30-28(34)20-16-12-10-8-6-4-3-5-7-9-11-15-19-25-36-27(2)33/h32H,1,3-25H2,2H3,(H,30,34)(H,31,35). The van der Waals surface area contributed by atoms with Crippen molar-refractivity contribution in [3.63, 3.8) is 0 Å². The molecule has 0 spiro atoms. The number of amides is 2. The van der Waals surface area contributed by atoms with Gasteiger partial charge in [0.15, 0.2) is 0 Å². The smallest absolute Gasteiger partial charge is 0.302 e. The highest BCUT2D eigenvalue weighted by Crippen LogP contribution is 2.13. The zero-order valence-corrected chi connectivity index (χ0v) is 23.1. The van der Waals surface area contributed by atoms with E-state index in [0.717, 1.165) is 51.4 Å². The van der Waals surface area contributed by atoms with Gasteiger partial charge in [0.25, 0.3) is 0 Å². The van der Waals surface area contributed by atoms with Crippen LogP contribution in [-0.4, -0.2) is 49.2 Å². The van der Waals surface area contributed by atoms with E-state index in [4.69, 9.17) is 9.84 Å². The van der Waals surface area contributed by atoms with E-state index in [9.17, 15) is 14.4 Å². The van der Waals surface area contributed by atoms with E-state index in [1.165, 1.54) is 64.7 Å². The molecule has 0 rings (SSSR count). The molecule has 0 saturated carbocycles. The number of ether oxygens (including phenoxy) is 1. The summed E-state index contributed by atoms with van der Waals surface area (Å²) in [5, 5.41) is 14.5. The Balaban J connectivity index is 3.37. The number of unbranched alkanes of at least 4 members (excludes halogenated alkanes) is 15. The second-order valence-electron chi connectivity index (χ2n) is 9.78. The van der Waals surface area contributed by atoms with Crippen molar-refractivity contribution in [2.75, 3.05) is 26.3 Å². The Hall–Kier alpha value is -1.89. The first-order valence-corrected chi connectivity index (χ1v) is 14.4. The first-order valence-electron chi connectivity index (χ1n) is 14.4. The first kappa shape index (κ1) is 34.1. The van der Waals surface area contributed by atoms with Gasteiger partial charge in [-0.25, -0.2) is 0 Å². The summed E-state index contributed by atoms with van der Waals surface area (Å²) in [6.07, 6.45) is 20.3. The summed E-state index contributed by atoms with van der Waals surface area (Å²) in [6.45, 7) is 7.13. The number of hydrogen-bond donors (Lipinski definition) is 3. The van der Waals surface area contributed by atoms with E-state index in [-0.39, 0.29) is 24.4 Å². The van der Waals surface area contributed by atoms with Crippen molar-refractivity contribution in [3.8, 4) is 0 Å². The molecule has 0 unspecified atom stereocenters. The van der Waals surface area contributed by atoms with Crippen LogP contribution in [-0.2, 0) is 19.1 Å². The Bertz CT molecular complexity index is 580. The first-order chi connectivity index (χ1) is 17.5. The van der Waals surface area contributed by atoms with Crippen LogP contribution in [0.4, 0.5) is 0 Å². The number of nitrogens with one attached hydrogen (secondary N) is 2. The third kappa shape index (κ3) is 25.2. The molecule has 0 bridgehead atoms. The molecule has 0 aliphatic carbocycles. The van der Waals surface area contributed by atoms with E-state index in [1.54, 1.807) is 0 Å². The molecule has 0 aliphatic heterocycles. The molecule has 0 aromatic carbocycles. The molecule has 2 amide bonds. The average Bonchev–Trinajstić information content (AvgIpc) is 2.85. The fraction of sp³-hybridized carbons (Fsp3) is 0.828. The minimum atomic E-state index is -0.185. The van der Waals surface area contributed by atoms with Gasteiger partial charge in [-0.15, -0.1) is 0 Å². The van der Waals surface area contributed by atoms with Gasteiger partial charge in [-0.1, -0.05) is 90.0 Å². The van der Waals surface area contributed by atoms with E-state index in [2.05, 4.69) is 17.2 Å². The molecule has 3 N–H and O–H groups in total. The molecular formula is C29H54N2O5. The Morgan fingerprint density at radius 2 is 1.14 bits per heavy atom. The fourth-order valence-electron chi connectivity index (χ4n) is 4.02. The summed E-state index contributed by atoms with van der Waals surface area (Å²) in [5.74, 6) is -0.270. The van der Waals surface area contributed by atoms with Gasteiger partial charge in [0.05, 0.1) is 6.61 Å². The van der Waals surface area contributed by atoms with Gasteiger partial charge in [-0.05, 0) is 32.1 Å². The van der Waals surface area contributed by atoms with Crippen LogP contribution in [0.1, 0.15) is 129 Å². The van der Waals surface area contributed by atoms with Gasteiger partial charge < -0.3 is 20.5 Å². The minimum absolute atomic E-state index is 0.0541. The summed E-state index contributed by atoms with van der Waals surface area (Å²) in [7, 11) is 0. The van der Waals surface area contributed by atoms with Crippen LogP contribution in [0.2, 0.25) is 0 Å². The van der Waals surface area contributed by atoms with E-state index < -0.39 is 0 Å². The van der Waals surface area contributed by atoms with Crippen molar-refractivity contribution >= 4 is 17.8 Å². The highest BCUT2D eigenvalue weighted by Gasteiger charge is 2.07. The summed E-state index contributed by atoms with van der Waals surface area (Å²) in [4.78, 5) is 34.6. The lowest BCUT2D eigenvalue weighted by atomic mass is 10.0. The predicted molar refractivity (Wildman–Crippen MR) is 147 cm³/mol. The Morgan fingerprint density at radius 3 is 1.69 bits per heavy atom. The quantitative estimate of drug-likeness (QED) is 0.0781. The Morgan fingerprint density at radius 1 is 0.639 bits per heavy atom. The van der Waals surface area contributed by atoms with E-state index in [0.29, 0.717) is 38.1 Å². The molecule has 0 fully saturated rings. The van der Waals surface area contributed by atoms with Gasteiger partial charge in [-0.2, -0.15) is 0 Å². The summed E-state index contributed by atoms with van der Waals surface area (Å²) in [5.41, 5.74) is 0.502. The van der Waals surface area contributed by atoms with Crippen molar-refractivity contribution in [2.24, 2.45) is 0 Å². The molecule has 7 nitrogen and oxygen atoms in total. The van der Waals surface area contributed by atoms with Crippen molar-refractivity contribution in [1.29, 1.82) is 0 Å². The number of aliphatic hydroxyl groups is 1. The van der Waals surface area contributed by atoms with Crippen LogP contribution in [0.25, 0.3) is 0 Å². The average molecular weight is 511 g/mol. The molecule has 0 atom stereocenters. The molecule has 0 aromatic rings. The van der Waals surface area contributed by atoms with Crippen molar-refractivity contribution < 1.29 is 24.2 Å². The van der Waals surface area contributed by atoms with E-state index >= 15 is 0 Å². The van der Waals surface area contributed by atoms with Crippen molar-refractivity contribution in [3.05, 3.63) is 12.2 Å². The van der Waals surface area contributed by atoms with Gasteiger partial charge >= 0.3 is 5.97 Å². The Kier molecular flexibility index (Phi) is 24.8. The largest absolute Gasteiger partial charge is 0.466 e. The van der Waals surface area contributed by atoms with Gasteiger partial charge in [-0.3, -0.25) is 14.4 Å². The maximum atomic E-state index is 12.0. The lowest BCUT2D eigenvalue weighted by molar-refractivity contribution is -0.141. The predicted octanol–water partition coefficient (Wildman–Crippen LogP) is 5.74. The van der Waals surface area contributed by atoms with Crippen molar-refractivity contribution in [1.82, 2.24) is 10.6 Å². The SMILES string of the molecule is C=C(CCNC(=O)CCCCCCCCCCCCCCCOC(C)=O)C(=O)NCCCCCCO. The van der Waals surface area contributed by atoms with Crippen LogP contribution < -0.4 is 10.6 Å². The lowest BCUT2D eigenvalue weighted by Gasteiger charge is -2.09. The maximum absolute atomic E-state index is 12.0. The van der Waals surface area contributed by atoms with Crippen LogP contribution >= 0.6 is 0 Å². The minimum Gasteiger partial charge on any atom is -0.466 e. The molecule has 210 valence electrons. The molecule has 0 heterocycles. The molecular weight excluding hydrogens is 456 g/mol. The molecule has 0 saturated heterocycles. The summed E-state index contributed by atoms with van der Waals surface area (Å²) in [6, 6.07) is 0. The number of hydrogen-bond acceptors (Lipinski definition) is 5.